The van der Waals surface area contributed by atoms with Crippen LogP contribution >= 0.6 is 0 Å². The fraction of sp³-hybridized carbons (Fsp3) is 0.562. The average Bonchev–Trinajstić information content (AvgIpc) is 2.71. The molecule has 0 spiro atoms. The maximum absolute atomic E-state index is 4.83. The first kappa shape index (κ1) is 14.1. The third-order valence-corrected chi connectivity index (χ3v) is 3.78. The van der Waals surface area contributed by atoms with Crippen LogP contribution in [-0.2, 0) is 13.0 Å². The third kappa shape index (κ3) is 2.98. The first-order valence-corrected chi connectivity index (χ1v) is 7.28. The molecule has 2 aromatic rings. The molecular formula is C16H25N3. The van der Waals surface area contributed by atoms with Gasteiger partial charge in [-0.1, -0.05) is 13.3 Å². The number of nitrogens with one attached hydrogen (secondary N) is 1. The fourth-order valence-electron chi connectivity index (χ4n) is 2.42. The number of aryl methyl sites for hydroxylation is 3. The van der Waals surface area contributed by atoms with Gasteiger partial charge >= 0.3 is 0 Å². The molecule has 0 bridgehead atoms. The molecule has 0 aliphatic heterocycles. The molecule has 0 radical (unpaired) electrons. The minimum Gasteiger partial charge on any atom is -0.328 e. The van der Waals surface area contributed by atoms with Crippen LogP contribution in [0.3, 0.4) is 0 Å². The van der Waals surface area contributed by atoms with E-state index in [1.54, 1.807) is 0 Å². The molecular weight excluding hydrogens is 234 g/mol. The first-order chi connectivity index (χ1) is 9.17. The van der Waals surface area contributed by atoms with Gasteiger partial charge in [-0.05, 0) is 50.6 Å². The lowest BCUT2D eigenvalue weighted by molar-refractivity contribution is 0.607. The molecule has 3 nitrogen and oxygen atoms in total. The van der Waals surface area contributed by atoms with Gasteiger partial charge in [-0.2, -0.15) is 0 Å². The van der Waals surface area contributed by atoms with Crippen molar-refractivity contribution in [3.05, 3.63) is 29.1 Å². The van der Waals surface area contributed by atoms with Crippen LogP contribution in [0.4, 0.5) is 0 Å². The molecule has 19 heavy (non-hydrogen) atoms. The Morgan fingerprint density at radius 3 is 2.63 bits per heavy atom. The number of fused-ring (bicyclic) bond motifs is 1. The van der Waals surface area contributed by atoms with Crippen LogP contribution in [0.1, 0.15) is 36.7 Å². The van der Waals surface area contributed by atoms with E-state index < -0.39 is 0 Å². The number of imidazole rings is 1. The van der Waals surface area contributed by atoms with E-state index in [9.17, 15) is 0 Å². The summed E-state index contributed by atoms with van der Waals surface area (Å²) in [4.78, 5) is 4.83. The third-order valence-electron chi connectivity index (χ3n) is 3.78. The van der Waals surface area contributed by atoms with E-state index in [0.717, 1.165) is 25.0 Å². The van der Waals surface area contributed by atoms with Crippen molar-refractivity contribution >= 4 is 11.0 Å². The van der Waals surface area contributed by atoms with Gasteiger partial charge in [0.1, 0.15) is 5.82 Å². The lowest BCUT2D eigenvalue weighted by atomic mass is 10.1. The molecule has 0 saturated heterocycles. The van der Waals surface area contributed by atoms with E-state index in [0.29, 0.717) is 0 Å². The Kier molecular flexibility index (Phi) is 4.59. The van der Waals surface area contributed by atoms with E-state index in [1.807, 2.05) is 7.05 Å². The molecule has 0 aliphatic rings. The summed E-state index contributed by atoms with van der Waals surface area (Å²) in [6.45, 7) is 8.63. The Morgan fingerprint density at radius 2 is 1.95 bits per heavy atom. The molecule has 0 amide bonds. The number of hydrogen-bond acceptors (Lipinski definition) is 2. The minimum absolute atomic E-state index is 0.980. The summed E-state index contributed by atoms with van der Waals surface area (Å²) in [5.41, 5.74) is 5.12. The van der Waals surface area contributed by atoms with Crippen molar-refractivity contribution in [1.82, 2.24) is 14.9 Å². The minimum atomic E-state index is 0.980. The zero-order valence-electron chi connectivity index (χ0n) is 12.6. The Balaban J connectivity index is 2.46. The molecule has 104 valence electrons. The molecule has 0 saturated carbocycles. The highest BCUT2D eigenvalue weighted by Gasteiger charge is 2.11. The largest absolute Gasteiger partial charge is 0.328 e. The highest BCUT2D eigenvalue weighted by atomic mass is 15.1. The zero-order valence-corrected chi connectivity index (χ0v) is 12.6. The average molecular weight is 259 g/mol. The number of benzene rings is 1. The molecule has 0 aliphatic carbocycles. The van der Waals surface area contributed by atoms with Gasteiger partial charge in [0.15, 0.2) is 0 Å². The maximum atomic E-state index is 4.83. The van der Waals surface area contributed by atoms with Gasteiger partial charge in [-0.25, -0.2) is 4.98 Å². The number of nitrogens with zero attached hydrogens (tertiary/aromatic N) is 2. The predicted molar refractivity (Wildman–Crippen MR) is 81.7 cm³/mol. The topological polar surface area (TPSA) is 29.9 Å². The second-order valence-corrected chi connectivity index (χ2v) is 5.31. The Hall–Kier alpha value is -1.35. The number of rotatable bonds is 6. The van der Waals surface area contributed by atoms with Gasteiger partial charge in [0, 0.05) is 19.5 Å². The molecule has 1 aromatic heterocycles. The SMILES string of the molecule is CCCCn1c(CCNC)nc2cc(C)c(C)cc21. The smallest absolute Gasteiger partial charge is 0.111 e. The number of hydrogen-bond donors (Lipinski definition) is 1. The van der Waals surface area contributed by atoms with E-state index in [2.05, 4.69) is 42.8 Å². The van der Waals surface area contributed by atoms with E-state index >= 15 is 0 Å². The molecule has 3 heteroatoms. The summed E-state index contributed by atoms with van der Waals surface area (Å²) in [7, 11) is 1.99. The first-order valence-electron chi connectivity index (χ1n) is 7.28. The van der Waals surface area contributed by atoms with Crippen LogP contribution in [0.15, 0.2) is 12.1 Å². The number of likely N-dealkylation sites (N-methyl/N-ethyl adjacent to an activating group) is 1. The van der Waals surface area contributed by atoms with Crippen LogP contribution in [0.5, 0.6) is 0 Å². The molecule has 0 unspecified atom stereocenters. The number of unbranched alkanes of at least 4 members (excludes halogenated alkanes) is 1. The summed E-state index contributed by atoms with van der Waals surface area (Å²) in [5.74, 6) is 1.21. The van der Waals surface area contributed by atoms with Crippen molar-refractivity contribution in [1.29, 1.82) is 0 Å². The van der Waals surface area contributed by atoms with Crippen molar-refractivity contribution < 1.29 is 0 Å². The molecule has 0 fully saturated rings. The molecule has 1 heterocycles. The fourth-order valence-corrected chi connectivity index (χ4v) is 2.42. The Labute approximate surface area is 116 Å². The normalized spacial score (nSPS) is 11.4. The van der Waals surface area contributed by atoms with Gasteiger partial charge in [0.25, 0.3) is 0 Å². The molecule has 1 N–H and O–H groups in total. The van der Waals surface area contributed by atoms with Crippen molar-refractivity contribution in [2.75, 3.05) is 13.6 Å². The predicted octanol–water partition coefficient (Wildman–Crippen LogP) is 3.22. The quantitative estimate of drug-likeness (QED) is 0.863. The molecule has 0 atom stereocenters. The zero-order chi connectivity index (χ0) is 13.8. The monoisotopic (exact) mass is 259 g/mol. The summed E-state index contributed by atoms with van der Waals surface area (Å²) in [6, 6.07) is 4.51. The van der Waals surface area contributed by atoms with Crippen molar-refractivity contribution in [2.24, 2.45) is 0 Å². The molecule has 2 rings (SSSR count). The highest BCUT2D eigenvalue weighted by Crippen LogP contribution is 2.21. The van der Waals surface area contributed by atoms with Crippen LogP contribution in [-0.4, -0.2) is 23.1 Å². The molecule has 1 aromatic carbocycles. The Morgan fingerprint density at radius 1 is 1.21 bits per heavy atom. The maximum Gasteiger partial charge on any atom is 0.111 e. The van der Waals surface area contributed by atoms with Crippen LogP contribution in [0, 0.1) is 13.8 Å². The second kappa shape index (κ2) is 6.20. The van der Waals surface area contributed by atoms with Crippen molar-refractivity contribution in [3.63, 3.8) is 0 Å². The van der Waals surface area contributed by atoms with Gasteiger partial charge in [-0.15, -0.1) is 0 Å². The second-order valence-electron chi connectivity index (χ2n) is 5.31. The summed E-state index contributed by atoms with van der Waals surface area (Å²) in [6.07, 6.45) is 3.42. The number of aromatic nitrogens is 2. The van der Waals surface area contributed by atoms with E-state index in [4.69, 9.17) is 4.98 Å². The highest BCUT2D eigenvalue weighted by molar-refractivity contribution is 5.78. The van der Waals surface area contributed by atoms with Gasteiger partial charge in [0.05, 0.1) is 11.0 Å². The van der Waals surface area contributed by atoms with Crippen LogP contribution in [0.2, 0.25) is 0 Å². The van der Waals surface area contributed by atoms with Crippen LogP contribution < -0.4 is 5.32 Å². The van der Waals surface area contributed by atoms with Gasteiger partial charge in [0.2, 0.25) is 0 Å². The summed E-state index contributed by atoms with van der Waals surface area (Å²) >= 11 is 0. The van der Waals surface area contributed by atoms with Gasteiger partial charge < -0.3 is 9.88 Å². The van der Waals surface area contributed by atoms with Gasteiger partial charge in [-0.3, -0.25) is 0 Å². The van der Waals surface area contributed by atoms with Crippen molar-refractivity contribution in [3.8, 4) is 0 Å². The standard InChI is InChI=1S/C16H25N3/c1-5-6-9-19-15-11-13(3)12(2)10-14(15)18-16(19)7-8-17-4/h10-11,17H,5-9H2,1-4H3. The van der Waals surface area contributed by atoms with E-state index in [-0.39, 0.29) is 0 Å². The van der Waals surface area contributed by atoms with Crippen molar-refractivity contribution in [2.45, 2.75) is 46.6 Å². The lowest BCUT2D eigenvalue weighted by Crippen LogP contribution is -2.14. The Bertz CT molecular complexity index is 555. The lowest BCUT2D eigenvalue weighted by Gasteiger charge is -2.09. The van der Waals surface area contributed by atoms with E-state index in [1.165, 1.54) is 35.3 Å². The summed E-state index contributed by atoms with van der Waals surface area (Å²) < 4.78 is 2.41. The van der Waals surface area contributed by atoms with Crippen LogP contribution in [0.25, 0.3) is 11.0 Å². The summed E-state index contributed by atoms with van der Waals surface area (Å²) in [5, 5.41) is 3.21.